The second-order valence-electron chi connectivity index (χ2n) is 5.55. The molecule has 122 valence electrons. The second-order valence-corrected chi connectivity index (χ2v) is 5.55. The fourth-order valence-electron chi connectivity index (χ4n) is 2.39. The van der Waals surface area contributed by atoms with Gasteiger partial charge in [0, 0.05) is 18.3 Å². The van der Waals surface area contributed by atoms with Crippen molar-refractivity contribution in [3.8, 4) is 5.88 Å². The molecule has 0 unspecified atom stereocenters. The zero-order valence-electron chi connectivity index (χ0n) is 13.8. The molecule has 0 bridgehead atoms. The molecule has 0 saturated carbocycles. The smallest absolute Gasteiger partial charge is 0.224 e. The normalized spacial score (nSPS) is 10.3. The predicted molar refractivity (Wildman–Crippen MR) is 91.4 cm³/mol. The number of benzene rings is 1. The number of rotatable bonds is 8. The van der Waals surface area contributed by atoms with Crippen molar-refractivity contribution in [2.24, 2.45) is 0 Å². The molecule has 4 nitrogen and oxygen atoms in total. The van der Waals surface area contributed by atoms with E-state index >= 15 is 0 Å². The molecule has 0 aliphatic rings. The lowest BCUT2D eigenvalue weighted by molar-refractivity contribution is -0.120. The standard InChI is InChI=1S/C19H24N2O2/c1-3-4-6-15-8-10-16(11-9-15)13-18(22)21-14-17-7-5-12-20-19(17)23-2/h5,7-12H,3-4,6,13-14H2,1-2H3,(H,21,22). The van der Waals surface area contributed by atoms with Gasteiger partial charge in [-0.1, -0.05) is 43.7 Å². The minimum absolute atomic E-state index is 0.00258. The third-order valence-corrected chi connectivity index (χ3v) is 3.73. The molecular formula is C19H24N2O2. The van der Waals surface area contributed by atoms with Crippen molar-refractivity contribution >= 4 is 5.91 Å². The van der Waals surface area contributed by atoms with Gasteiger partial charge >= 0.3 is 0 Å². The summed E-state index contributed by atoms with van der Waals surface area (Å²) < 4.78 is 5.18. The number of nitrogens with one attached hydrogen (secondary N) is 1. The van der Waals surface area contributed by atoms with Gasteiger partial charge in [-0.2, -0.15) is 0 Å². The maximum absolute atomic E-state index is 12.1. The Morgan fingerprint density at radius 2 is 1.91 bits per heavy atom. The molecule has 1 amide bonds. The van der Waals surface area contributed by atoms with Crippen LogP contribution in [0.15, 0.2) is 42.6 Å². The Hall–Kier alpha value is -2.36. The van der Waals surface area contributed by atoms with E-state index in [2.05, 4.69) is 29.4 Å². The van der Waals surface area contributed by atoms with Crippen LogP contribution in [0.2, 0.25) is 0 Å². The SMILES string of the molecule is CCCCc1ccc(CC(=O)NCc2cccnc2OC)cc1. The number of unbranched alkanes of at least 4 members (excludes halogenated alkanes) is 1. The molecule has 23 heavy (non-hydrogen) atoms. The lowest BCUT2D eigenvalue weighted by Crippen LogP contribution is -2.24. The van der Waals surface area contributed by atoms with Gasteiger partial charge in [0.25, 0.3) is 0 Å². The van der Waals surface area contributed by atoms with Crippen molar-refractivity contribution in [2.75, 3.05) is 7.11 Å². The molecule has 0 aliphatic heterocycles. The van der Waals surface area contributed by atoms with Crippen molar-refractivity contribution in [2.45, 2.75) is 39.2 Å². The molecule has 1 aromatic carbocycles. The Balaban J connectivity index is 1.84. The number of aryl methyl sites for hydroxylation is 1. The van der Waals surface area contributed by atoms with E-state index < -0.39 is 0 Å². The van der Waals surface area contributed by atoms with Crippen LogP contribution in [0.4, 0.5) is 0 Å². The maximum Gasteiger partial charge on any atom is 0.224 e. The van der Waals surface area contributed by atoms with Crippen molar-refractivity contribution < 1.29 is 9.53 Å². The molecule has 0 aliphatic carbocycles. The molecule has 1 aromatic heterocycles. The summed E-state index contributed by atoms with van der Waals surface area (Å²) in [6.45, 7) is 2.61. The number of methoxy groups -OCH3 is 1. The van der Waals surface area contributed by atoms with Crippen LogP contribution >= 0.6 is 0 Å². The molecule has 0 radical (unpaired) electrons. The lowest BCUT2D eigenvalue weighted by atomic mass is 10.0. The van der Waals surface area contributed by atoms with E-state index in [0.717, 1.165) is 17.5 Å². The number of aromatic nitrogens is 1. The lowest BCUT2D eigenvalue weighted by Gasteiger charge is -2.09. The minimum Gasteiger partial charge on any atom is -0.481 e. The summed E-state index contributed by atoms with van der Waals surface area (Å²) in [6, 6.07) is 12.0. The van der Waals surface area contributed by atoms with E-state index in [1.165, 1.54) is 18.4 Å². The topological polar surface area (TPSA) is 51.2 Å². The van der Waals surface area contributed by atoms with Gasteiger partial charge < -0.3 is 10.1 Å². The summed E-state index contributed by atoms with van der Waals surface area (Å²) in [6.07, 6.45) is 5.55. The Morgan fingerprint density at radius 1 is 1.17 bits per heavy atom. The van der Waals surface area contributed by atoms with Gasteiger partial charge in [-0.25, -0.2) is 4.98 Å². The van der Waals surface area contributed by atoms with Crippen molar-refractivity contribution in [3.63, 3.8) is 0 Å². The molecule has 4 heteroatoms. The first kappa shape index (κ1) is 17.0. The molecule has 0 atom stereocenters. The first-order valence-corrected chi connectivity index (χ1v) is 8.05. The number of hydrogen-bond acceptors (Lipinski definition) is 3. The van der Waals surface area contributed by atoms with Gasteiger partial charge in [0.05, 0.1) is 13.5 Å². The highest BCUT2D eigenvalue weighted by molar-refractivity contribution is 5.78. The number of amides is 1. The quantitative estimate of drug-likeness (QED) is 0.814. The fraction of sp³-hybridized carbons (Fsp3) is 0.368. The molecule has 2 aromatic rings. The van der Waals surface area contributed by atoms with Crippen molar-refractivity contribution in [1.82, 2.24) is 10.3 Å². The van der Waals surface area contributed by atoms with Gasteiger partial charge in [0.1, 0.15) is 0 Å². The fourth-order valence-corrected chi connectivity index (χ4v) is 2.39. The molecular weight excluding hydrogens is 288 g/mol. The van der Waals surface area contributed by atoms with Gasteiger partial charge in [0.2, 0.25) is 11.8 Å². The molecule has 1 N–H and O–H groups in total. The maximum atomic E-state index is 12.1. The second kappa shape index (κ2) is 8.93. The average molecular weight is 312 g/mol. The minimum atomic E-state index is -0.00258. The van der Waals surface area contributed by atoms with Crippen LogP contribution < -0.4 is 10.1 Å². The van der Waals surface area contributed by atoms with Gasteiger partial charge in [-0.15, -0.1) is 0 Å². The van der Waals surface area contributed by atoms with E-state index in [-0.39, 0.29) is 5.91 Å². The third-order valence-electron chi connectivity index (χ3n) is 3.73. The number of nitrogens with zero attached hydrogens (tertiary/aromatic N) is 1. The Kier molecular flexibility index (Phi) is 6.60. The molecule has 2 rings (SSSR count). The van der Waals surface area contributed by atoms with E-state index in [1.54, 1.807) is 13.3 Å². The van der Waals surface area contributed by atoms with Crippen LogP contribution in [0.3, 0.4) is 0 Å². The molecule has 0 spiro atoms. The summed E-state index contributed by atoms with van der Waals surface area (Å²) in [4.78, 5) is 16.2. The van der Waals surface area contributed by atoms with Crippen LogP contribution in [0, 0.1) is 0 Å². The summed E-state index contributed by atoms with van der Waals surface area (Å²) >= 11 is 0. The summed E-state index contributed by atoms with van der Waals surface area (Å²) in [7, 11) is 1.58. The summed E-state index contributed by atoms with van der Waals surface area (Å²) in [5.41, 5.74) is 3.23. The van der Waals surface area contributed by atoms with Crippen LogP contribution in [-0.2, 0) is 24.2 Å². The molecule has 0 saturated heterocycles. The van der Waals surface area contributed by atoms with Gasteiger partial charge in [0.15, 0.2) is 0 Å². The van der Waals surface area contributed by atoms with Crippen molar-refractivity contribution in [3.05, 3.63) is 59.3 Å². The zero-order valence-corrected chi connectivity index (χ0v) is 13.8. The van der Waals surface area contributed by atoms with Gasteiger partial charge in [-0.3, -0.25) is 4.79 Å². The molecule has 1 heterocycles. The molecule has 0 fully saturated rings. The van der Waals surface area contributed by atoms with Crippen LogP contribution in [-0.4, -0.2) is 18.0 Å². The zero-order chi connectivity index (χ0) is 16.5. The number of carbonyl (C=O) groups excluding carboxylic acids is 1. The first-order chi connectivity index (χ1) is 11.2. The highest BCUT2D eigenvalue weighted by Crippen LogP contribution is 2.13. The number of hydrogen-bond donors (Lipinski definition) is 1. The van der Waals surface area contributed by atoms with E-state index in [0.29, 0.717) is 18.8 Å². The Bertz CT molecular complexity index is 624. The predicted octanol–water partition coefficient (Wildman–Crippen LogP) is 3.29. The number of pyridine rings is 1. The largest absolute Gasteiger partial charge is 0.481 e. The van der Waals surface area contributed by atoms with Gasteiger partial charge in [-0.05, 0) is 30.0 Å². The van der Waals surface area contributed by atoms with Crippen molar-refractivity contribution in [1.29, 1.82) is 0 Å². The van der Waals surface area contributed by atoms with Crippen LogP contribution in [0.25, 0.3) is 0 Å². The van der Waals surface area contributed by atoms with Crippen LogP contribution in [0.5, 0.6) is 5.88 Å². The van der Waals surface area contributed by atoms with E-state index in [4.69, 9.17) is 4.74 Å². The van der Waals surface area contributed by atoms with E-state index in [9.17, 15) is 4.79 Å². The van der Waals surface area contributed by atoms with Crippen LogP contribution in [0.1, 0.15) is 36.5 Å². The van der Waals surface area contributed by atoms with E-state index in [1.807, 2.05) is 24.3 Å². The highest BCUT2D eigenvalue weighted by atomic mass is 16.5. The third kappa shape index (κ3) is 5.40. The Morgan fingerprint density at radius 3 is 2.61 bits per heavy atom. The first-order valence-electron chi connectivity index (χ1n) is 8.05. The highest BCUT2D eigenvalue weighted by Gasteiger charge is 2.07. The Labute approximate surface area is 137 Å². The monoisotopic (exact) mass is 312 g/mol. The number of carbonyl (C=O) groups is 1. The average Bonchev–Trinajstić information content (AvgIpc) is 2.59. The summed E-state index contributed by atoms with van der Waals surface area (Å²) in [5, 5.41) is 2.91. The number of ether oxygens (including phenoxy) is 1. The summed E-state index contributed by atoms with van der Waals surface area (Å²) in [5.74, 6) is 0.547.